The highest BCUT2D eigenvalue weighted by molar-refractivity contribution is 7.16. The maximum absolute atomic E-state index is 10.4. The van der Waals surface area contributed by atoms with Crippen molar-refractivity contribution >= 4 is 28.6 Å². The van der Waals surface area contributed by atoms with Gasteiger partial charge in [0.2, 0.25) is 0 Å². The zero-order valence-corrected chi connectivity index (χ0v) is 11.3. The fourth-order valence-corrected chi connectivity index (χ4v) is 3.50. The minimum absolute atomic E-state index is 0.0645. The summed E-state index contributed by atoms with van der Waals surface area (Å²) in [6.45, 7) is 0. The summed E-state index contributed by atoms with van der Waals surface area (Å²) in [4.78, 5) is 0.928. The molecule has 0 saturated carbocycles. The monoisotopic (exact) mass is 279 g/mol. The first-order valence-corrected chi connectivity index (χ1v) is 7.21. The van der Waals surface area contributed by atoms with Crippen molar-refractivity contribution in [3.63, 3.8) is 0 Å². The molecular formula is C14H14ClNOS. The lowest BCUT2D eigenvalue weighted by Crippen LogP contribution is -2.31. The molecule has 0 bridgehead atoms. The van der Waals surface area contributed by atoms with Crippen LogP contribution in [-0.4, -0.2) is 11.1 Å². The molecule has 1 aliphatic rings. The molecule has 2 atom stereocenters. The van der Waals surface area contributed by atoms with Crippen molar-refractivity contribution in [3.05, 3.63) is 51.2 Å². The van der Waals surface area contributed by atoms with Crippen molar-refractivity contribution in [2.24, 2.45) is 0 Å². The Labute approximate surface area is 115 Å². The number of aliphatic hydroxyl groups is 1. The Morgan fingerprint density at radius 3 is 2.89 bits per heavy atom. The van der Waals surface area contributed by atoms with Gasteiger partial charge in [0.1, 0.15) is 6.10 Å². The summed E-state index contributed by atoms with van der Waals surface area (Å²) < 4.78 is 0.722. The number of fused-ring (bicyclic) bond motifs is 1. The summed E-state index contributed by atoms with van der Waals surface area (Å²) >= 11 is 7.36. The van der Waals surface area contributed by atoms with Crippen LogP contribution in [0, 0.1) is 0 Å². The smallest absolute Gasteiger partial charge is 0.108 e. The summed E-state index contributed by atoms with van der Waals surface area (Å²) in [5.41, 5.74) is 2.46. The Morgan fingerprint density at radius 1 is 1.28 bits per heavy atom. The summed E-state index contributed by atoms with van der Waals surface area (Å²) in [5.74, 6) is 0. The molecule has 3 rings (SSSR count). The quantitative estimate of drug-likeness (QED) is 0.875. The first-order chi connectivity index (χ1) is 8.74. The van der Waals surface area contributed by atoms with Crippen molar-refractivity contribution in [1.82, 2.24) is 0 Å². The average molecular weight is 280 g/mol. The van der Waals surface area contributed by atoms with Crippen molar-refractivity contribution in [1.29, 1.82) is 0 Å². The van der Waals surface area contributed by atoms with Crippen LogP contribution in [0.1, 0.15) is 23.0 Å². The van der Waals surface area contributed by atoms with E-state index in [9.17, 15) is 5.11 Å². The molecule has 18 heavy (non-hydrogen) atoms. The summed E-state index contributed by atoms with van der Waals surface area (Å²) in [6.07, 6.45) is 1.45. The summed E-state index contributed by atoms with van der Waals surface area (Å²) in [7, 11) is 0. The number of halogens is 1. The zero-order chi connectivity index (χ0) is 12.5. The van der Waals surface area contributed by atoms with E-state index in [1.54, 1.807) is 0 Å². The van der Waals surface area contributed by atoms with Crippen LogP contribution in [0.5, 0.6) is 0 Å². The largest absolute Gasteiger partial charge is 0.385 e. The van der Waals surface area contributed by atoms with Crippen LogP contribution in [0.25, 0.3) is 0 Å². The lowest BCUT2D eigenvalue weighted by Gasteiger charge is -2.30. The van der Waals surface area contributed by atoms with E-state index in [0.717, 1.165) is 27.7 Å². The number of para-hydroxylation sites is 1. The summed E-state index contributed by atoms with van der Waals surface area (Å²) in [5, 5.41) is 13.8. The minimum Gasteiger partial charge on any atom is -0.385 e. The topological polar surface area (TPSA) is 32.3 Å². The maximum atomic E-state index is 10.4. The molecule has 2 N–H and O–H groups in total. The molecule has 94 valence electrons. The normalized spacial score (nSPS) is 20.0. The Bertz CT molecular complexity index is 554. The van der Waals surface area contributed by atoms with Crippen molar-refractivity contribution in [2.75, 3.05) is 5.32 Å². The van der Waals surface area contributed by atoms with Gasteiger partial charge in [-0.05, 0) is 36.6 Å². The fourth-order valence-electron chi connectivity index (χ4n) is 2.38. The number of anilines is 1. The number of hydrogen-bond donors (Lipinski definition) is 2. The second-order valence-electron chi connectivity index (χ2n) is 4.53. The molecule has 2 heterocycles. The van der Waals surface area contributed by atoms with Crippen LogP contribution in [-0.2, 0) is 6.42 Å². The molecule has 0 radical (unpaired) electrons. The Hall–Kier alpha value is -1.03. The molecule has 4 heteroatoms. The molecule has 1 aliphatic heterocycles. The predicted octanol–water partition coefficient (Wildman–Crippen LogP) is 3.86. The second kappa shape index (κ2) is 4.92. The van der Waals surface area contributed by atoms with Crippen LogP contribution < -0.4 is 5.32 Å². The number of hydrogen-bond acceptors (Lipinski definition) is 3. The molecule has 2 aromatic rings. The SMILES string of the molecule is OC(c1ccc(Cl)s1)C1CCc2ccccc2N1. The first kappa shape index (κ1) is 12.0. The first-order valence-electron chi connectivity index (χ1n) is 6.02. The Morgan fingerprint density at radius 2 is 2.11 bits per heavy atom. The van der Waals surface area contributed by atoms with Crippen molar-refractivity contribution < 1.29 is 5.11 Å². The lowest BCUT2D eigenvalue weighted by molar-refractivity contribution is 0.152. The number of rotatable bonds is 2. The predicted molar refractivity (Wildman–Crippen MR) is 76.5 cm³/mol. The maximum Gasteiger partial charge on any atom is 0.108 e. The molecule has 0 spiro atoms. The van der Waals surface area contributed by atoms with E-state index in [4.69, 9.17) is 11.6 Å². The highest BCUT2D eigenvalue weighted by atomic mass is 35.5. The van der Waals surface area contributed by atoms with Gasteiger partial charge in [0, 0.05) is 10.6 Å². The van der Waals surface area contributed by atoms with E-state index < -0.39 is 6.10 Å². The lowest BCUT2D eigenvalue weighted by atomic mass is 9.94. The highest BCUT2D eigenvalue weighted by Gasteiger charge is 2.26. The van der Waals surface area contributed by atoms with Gasteiger partial charge in [-0.1, -0.05) is 29.8 Å². The number of aliphatic hydroxyl groups excluding tert-OH is 1. The molecule has 0 saturated heterocycles. The number of aryl methyl sites for hydroxylation is 1. The van der Waals surface area contributed by atoms with Crippen LogP contribution in [0.4, 0.5) is 5.69 Å². The standard InChI is InChI=1S/C14H14ClNOS/c15-13-8-7-12(18-13)14(17)11-6-5-9-3-1-2-4-10(9)16-11/h1-4,7-8,11,14,16-17H,5-6H2. The van der Waals surface area contributed by atoms with Gasteiger partial charge in [0.05, 0.1) is 10.4 Å². The summed E-state index contributed by atoms with van der Waals surface area (Å²) in [6, 6.07) is 12.1. The Balaban J connectivity index is 1.79. The van der Waals surface area contributed by atoms with E-state index in [0.29, 0.717) is 0 Å². The van der Waals surface area contributed by atoms with E-state index in [-0.39, 0.29) is 6.04 Å². The van der Waals surface area contributed by atoms with Gasteiger partial charge < -0.3 is 10.4 Å². The van der Waals surface area contributed by atoms with E-state index in [1.807, 2.05) is 18.2 Å². The molecule has 0 amide bonds. The van der Waals surface area contributed by atoms with Crippen molar-refractivity contribution in [3.8, 4) is 0 Å². The molecule has 2 nitrogen and oxygen atoms in total. The van der Waals surface area contributed by atoms with Gasteiger partial charge in [-0.3, -0.25) is 0 Å². The molecule has 0 fully saturated rings. The minimum atomic E-state index is -0.490. The van der Waals surface area contributed by atoms with Crippen LogP contribution >= 0.6 is 22.9 Å². The van der Waals surface area contributed by atoms with Gasteiger partial charge in [-0.15, -0.1) is 11.3 Å². The fraction of sp³-hybridized carbons (Fsp3) is 0.286. The zero-order valence-electron chi connectivity index (χ0n) is 9.77. The molecule has 2 unspecified atom stereocenters. The number of benzene rings is 1. The molecular weight excluding hydrogens is 266 g/mol. The molecule has 1 aromatic carbocycles. The molecule has 0 aliphatic carbocycles. The highest BCUT2D eigenvalue weighted by Crippen LogP contribution is 2.34. The third-order valence-corrected chi connectivity index (χ3v) is 4.65. The number of nitrogens with one attached hydrogen (secondary N) is 1. The van der Waals surface area contributed by atoms with E-state index in [2.05, 4.69) is 23.5 Å². The van der Waals surface area contributed by atoms with Gasteiger partial charge in [-0.25, -0.2) is 0 Å². The molecule has 1 aromatic heterocycles. The van der Waals surface area contributed by atoms with Gasteiger partial charge in [0.25, 0.3) is 0 Å². The number of thiophene rings is 1. The van der Waals surface area contributed by atoms with Gasteiger partial charge in [0.15, 0.2) is 0 Å². The van der Waals surface area contributed by atoms with E-state index >= 15 is 0 Å². The third-order valence-electron chi connectivity index (χ3n) is 3.35. The van der Waals surface area contributed by atoms with Gasteiger partial charge >= 0.3 is 0 Å². The Kier molecular flexibility index (Phi) is 3.29. The van der Waals surface area contributed by atoms with Crippen LogP contribution in [0.2, 0.25) is 4.34 Å². The van der Waals surface area contributed by atoms with Crippen molar-refractivity contribution in [2.45, 2.75) is 25.0 Å². The van der Waals surface area contributed by atoms with Crippen LogP contribution in [0.3, 0.4) is 0 Å². The van der Waals surface area contributed by atoms with E-state index in [1.165, 1.54) is 16.9 Å². The third kappa shape index (κ3) is 2.26. The van der Waals surface area contributed by atoms with Gasteiger partial charge in [-0.2, -0.15) is 0 Å². The second-order valence-corrected chi connectivity index (χ2v) is 6.28. The average Bonchev–Trinajstić information content (AvgIpc) is 2.84. The van der Waals surface area contributed by atoms with Crippen LogP contribution in [0.15, 0.2) is 36.4 Å².